The van der Waals surface area contributed by atoms with Crippen LogP contribution in [0.4, 0.5) is 0 Å². The normalized spacial score (nSPS) is 19.3. The molecule has 2 N–H and O–H groups in total. The largest absolute Gasteiger partial charge is 0.343 e. The summed E-state index contributed by atoms with van der Waals surface area (Å²) in [6, 6.07) is 0.795. The maximum atomic E-state index is 12.2. The van der Waals surface area contributed by atoms with Crippen LogP contribution in [0, 0.1) is 0 Å². The summed E-state index contributed by atoms with van der Waals surface area (Å²) in [5.74, 6) is 0.233. The third kappa shape index (κ3) is 4.72. The van der Waals surface area contributed by atoms with Crippen molar-refractivity contribution in [3.8, 4) is 0 Å². The van der Waals surface area contributed by atoms with Crippen molar-refractivity contribution >= 4 is 5.91 Å². The minimum absolute atomic E-state index is 0.192. The molecule has 0 saturated carbocycles. The first-order valence-electron chi connectivity index (χ1n) is 7.99. The molecule has 1 heterocycles. The number of carbonyl (C=O) groups is 1. The van der Waals surface area contributed by atoms with E-state index in [9.17, 15) is 4.79 Å². The van der Waals surface area contributed by atoms with Crippen molar-refractivity contribution in [1.82, 2.24) is 14.7 Å². The summed E-state index contributed by atoms with van der Waals surface area (Å²) in [6.45, 7) is 14.9. The molecule has 1 aliphatic rings. The predicted octanol–water partition coefficient (Wildman–Crippen LogP) is 0.598. The Balaban J connectivity index is 2.49. The van der Waals surface area contributed by atoms with Gasteiger partial charge < -0.3 is 10.6 Å². The number of nitrogens with zero attached hydrogens (tertiary/aromatic N) is 3. The summed E-state index contributed by atoms with van der Waals surface area (Å²) in [4.78, 5) is 19.0. The lowest BCUT2D eigenvalue weighted by atomic mass is 10.1. The number of rotatable bonds is 7. The molecule has 5 nitrogen and oxygen atoms in total. The van der Waals surface area contributed by atoms with Crippen LogP contribution in [0.3, 0.4) is 0 Å². The van der Waals surface area contributed by atoms with Crippen LogP contribution in [0.5, 0.6) is 0 Å². The van der Waals surface area contributed by atoms with Gasteiger partial charge in [0.05, 0.1) is 0 Å². The van der Waals surface area contributed by atoms with E-state index in [1.54, 1.807) is 0 Å². The van der Waals surface area contributed by atoms with Crippen molar-refractivity contribution in [2.45, 2.75) is 46.2 Å². The molecule has 0 aromatic carbocycles. The molecule has 0 bridgehead atoms. The van der Waals surface area contributed by atoms with E-state index in [0.29, 0.717) is 19.0 Å². The third-order valence-electron chi connectivity index (χ3n) is 4.39. The molecule has 5 heteroatoms. The molecule has 20 heavy (non-hydrogen) atoms. The van der Waals surface area contributed by atoms with Gasteiger partial charge in [-0.15, -0.1) is 0 Å². The average Bonchev–Trinajstić information content (AvgIpc) is 2.46. The van der Waals surface area contributed by atoms with Gasteiger partial charge in [0, 0.05) is 64.3 Å². The van der Waals surface area contributed by atoms with Crippen LogP contribution in [0.25, 0.3) is 0 Å². The molecule has 1 amide bonds. The van der Waals surface area contributed by atoms with Crippen LogP contribution in [0.2, 0.25) is 0 Å². The van der Waals surface area contributed by atoms with Gasteiger partial charge in [-0.3, -0.25) is 14.6 Å². The Hall–Kier alpha value is -0.650. The maximum Gasteiger partial charge on any atom is 0.224 e. The topological polar surface area (TPSA) is 52.8 Å². The smallest absolute Gasteiger partial charge is 0.224 e. The van der Waals surface area contributed by atoms with E-state index in [-0.39, 0.29) is 11.9 Å². The number of piperazine rings is 1. The van der Waals surface area contributed by atoms with Gasteiger partial charge in [-0.25, -0.2) is 0 Å². The maximum absolute atomic E-state index is 12.2. The van der Waals surface area contributed by atoms with Crippen molar-refractivity contribution in [3.05, 3.63) is 0 Å². The van der Waals surface area contributed by atoms with Gasteiger partial charge in [0.15, 0.2) is 0 Å². The number of amides is 1. The predicted molar refractivity (Wildman–Crippen MR) is 83.7 cm³/mol. The Morgan fingerprint density at radius 2 is 1.60 bits per heavy atom. The Labute approximate surface area is 124 Å². The molecule has 0 aromatic rings. The molecular weight excluding hydrogens is 252 g/mol. The Morgan fingerprint density at radius 3 is 2.00 bits per heavy atom. The van der Waals surface area contributed by atoms with E-state index in [0.717, 1.165) is 39.3 Å². The van der Waals surface area contributed by atoms with Gasteiger partial charge in [-0.1, -0.05) is 0 Å². The summed E-state index contributed by atoms with van der Waals surface area (Å²) in [6.07, 6.45) is 0.555. The quantitative estimate of drug-likeness (QED) is 0.744. The Morgan fingerprint density at radius 1 is 1.10 bits per heavy atom. The van der Waals surface area contributed by atoms with E-state index in [1.807, 2.05) is 18.7 Å². The highest BCUT2D eigenvalue weighted by atomic mass is 16.2. The van der Waals surface area contributed by atoms with Crippen molar-refractivity contribution in [2.75, 3.05) is 45.8 Å². The second-order valence-corrected chi connectivity index (χ2v) is 5.83. The van der Waals surface area contributed by atoms with Crippen molar-refractivity contribution in [3.63, 3.8) is 0 Å². The number of carbonyl (C=O) groups excluding carboxylic acids is 1. The summed E-state index contributed by atoms with van der Waals surface area (Å²) in [5, 5.41) is 0. The summed E-state index contributed by atoms with van der Waals surface area (Å²) >= 11 is 0. The summed E-state index contributed by atoms with van der Waals surface area (Å²) in [5.41, 5.74) is 5.90. The second kappa shape index (κ2) is 8.60. The fourth-order valence-electron chi connectivity index (χ4n) is 2.89. The van der Waals surface area contributed by atoms with Crippen LogP contribution < -0.4 is 5.73 Å². The number of hydrogen-bond donors (Lipinski definition) is 1. The second-order valence-electron chi connectivity index (χ2n) is 5.83. The highest BCUT2D eigenvalue weighted by Crippen LogP contribution is 2.12. The molecule has 0 radical (unpaired) electrons. The molecule has 1 fully saturated rings. The number of nitrogens with two attached hydrogens (primary N) is 1. The minimum atomic E-state index is 0.192. The van der Waals surface area contributed by atoms with Gasteiger partial charge >= 0.3 is 0 Å². The lowest BCUT2D eigenvalue weighted by Crippen LogP contribution is -2.54. The van der Waals surface area contributed by atoms with E-state index in [1.165, 1.54) is 0 Å². The Kier molecular flexibility index (Phi) is 7.48. The van der Waals surface area contributed by atoms with Gasteiger partial charge in [0.1, 0.15) is 0 Å². The zero-order chi connectivity index (χ0) is 15.1. The van der Waals surface area contributed by atoms with Crippen molar-refractivity contribution in [2.24, 2.45) is 5.73 Å². The highest BCUT2D eigenvalue weighted by molar-refractivity contribution is 5.76. The monoisotopic (exact) mass is 284 g/mol. The first kappa shape index (κ1) is 17.4. The molecule has 1 atom stereocenters. The highest BCUT2D eigenvalue weighted by Gasteiger charge is 2.26. The zero-order valence-corrected chi connectivity index (χ0v) is 13.6. The van der Waals surface area contributed by atoms with Crippen LogP contribution in [0.15, 0.2) is 0 Å². The summed E-state index contributed by atoms with van der Waals surface area (Å²) < 4.78 is 0. The first-order chi connectivity index (χ1) is 9.53. The SMILES string of the molecule is CCN(CC)C(=O)CC(CN)N1CCN(C(C)C)CC1. The first-order valence-corrected chi connectivity index (χ1v) is 7.99. The van der Waals surface area contributed by atoms with Crippen LogP contribution in [-0.2, 0) is 4.79 Å². The zero-order valence-electron chi connectivity index (χ0n) is 13.6. The van der Waals surface area contributed by atoms with Gasteiger partial charge in [0.2, 0.25) is 5.91 Å². The standard InChI is InChI=1S/C15H32N4O/c1-5-17(6-2)15(20)11-14(12-16)19-9-7-18(8-10-19)13(3)4/h13-14H,5-12,16H2,1-4H3. The fourth-order valence-corrected chi connectivity index (χ4v) is 2.89. The van der Waals surface area contributed by atoms with E-state index in [2.05, 4.69) is 23.6 Å². The van der Waals surface area contributed by atoms with Gasteiger partial charge in [0.25, 0.3) is 0 Å². The lowest BCUT2D eigenvalue weighted by molar-refractivity contribution is -0.132. The molecular formula is C15H32N4O. The van der Waals surface area contributed by atoms with Gasteiger partial charge in [-0.2, -0.15) is 0 Å². The lowest BCUT2D eigenvalue weighted by Gasteiger charge is -2.40. The van der Waals surface area contributed by atoms with E-state index in [4.69, 9.17) is 5.73 Å². The van der Waals surface area contributed by atoms with Crippen molar-refractivity contribution in [1.29, 1.82) is 0 Å². The van der Waals surface area contributed by atoms with E-state index < -0.39 is 0 Å². The molecule has 118 valence electrons. The molecule has 1 aliphatic heterocycles. The number of hydrogen-bond acceptors (Lipinski definition) is 4. The fraction of sp³-hybridized carbons (Fsp3) is 0.933. The third-order valence-corrected chi connectivity index (χ3v) is 4.39. The molecule has 1 saturated heterocycles. The van der Waals surface area contributed by atoms with Crippen LogP contribution in [-0.4, -0.2) is 78.5 Å². The molecule has 0 spiro atoms. The van der Waals surface area contributed by atoms with Crippen molar-refractivity contribution < 1.29 is 4.79 Å². The molecule has 1 unspecified atom stereocenters. The summed E-state index contributed by atoms with van der Waals surface area (Å²) in [7, 11) is 0. The van der Waals surface area contributed by atoms with Gasteiger partial charge in [-0.05, 0) is 27.7 Å². The van der Waals surface area contributed by atoms with Crippen LogP contribution >= 0.6 is 0 Å². The van der Waals surface area contributed by atoms with Crippen LogP contribution in [0.1, 0.15) is 34.1 Å². The molecule has 1 rings (SSSR count). The minimum Gasteiger partial charge on any atom is -0.343 e. The Bertz CT molecular complexity index is 284. The molecule has 0 aliphatic carbocycles. The average molecular weight is 284 g/mol. The molecule has 0 aromatic heterocycles. The van der Waals surface area contributed by atoms with E-state index >= 15 is 0 Å².